The zero-order chi connectivity index (χ0) is 35.7. The summed E-state index contributed by atoms with van der Waals surface area (Å²) in [5, 5.41) is 10.6. The van der Waals surface area contributed by atoms with Crippen LogP contribution in [0.3, 0.4) is 0 Å². The van der Waals surface area contributed by atoms with Crippen LogP contribution in [0.4, 0.5) is 30.4 Å². The summed E-state index contributed by atoms with van der Waals surface area (Å²) in [5.74, 6) is -3.37. The molecule has 4 heterocycles. The summed E-state index contributed by atoms with van der Waals surface area (Å²) in [5.41, 5.74) is 0.459. The standard InChI is InChI=1S/C35H26F3N9O3S/c1-20-23(36)9-6-11-28(20)51(49,50)46-25-13-12-24(37)32(30(25)38)44-34-33-26(41-19-42-34)14-15-29(43-33)47-27-10-3-2-8-22(27)31(45-47)35(48)40-18-16-21-7-4-5-17-39-21/h2-15,17,19,46H,16,18H2,1H3,(H,40,48)(H,41,42,44). The first-order valence-corrected chi connectivity index (χ1v) is 16.9. The van der Waals surface area contributed by atoms with Gasteiger partial charge in [0.05, 0.1) is 21.6 Å². The second-order valence-electron chi connectivity index (χ2n) is 11.2. The highest BCUT2D eigenvalue weighted by molar-refractivity contribution is 7.92. The molecule has 0 bridgehead atoms. The van der Waals surface area contributed by atoms with Gasteiger partial charge in [-0.1, -0.05) is 30.3 Å². The largest absolute Gasteiger partial charge is 0.350 e. The van der Waals surface area contributed by atoms with E-state index in [1.165, 1.54) is 23.7 Å². The number of aromatic nitrogens is 6. The third-order valence-corrected chi connectivity index (χ3v) is 9.48. The molecule has 0 radical (unpaired) electrons. The molecular weight excluding hydrogens is 684 g/mol. The van der Waals surface area contributed by atoms with E-state index in [2.05, 4.69) is 40.4 Å². The first-order valence-electron chi connectivity index (χ1n) is 15.4. The number of nitrogens with one attached hydrogen (secondary N) is 3. The lowest BCUT2D eigenvalue weighted by atomic mass is 10.2. The Morgan fingerprint density at radius 3 is 2.51 bits per heavy atom. The smallest absolute Gasteiger partial charge is 0.272 e. The maximum Gasteiger partial charge on any atom is 0.272 e. The summed E-state index contributed by atoms with van der Waals surface area (Å²) in [6, 6.07) is 21.1. The van der Waals surface area contributed by atoms with E-state index in [-0.39, 0.29) is 28.4 Å². The van der Waals surface area contributed by atoms with Crippen LogP contribution in [-0.2, 0) is 16.4 Å². The fraction of sp³-hybridized carbons (Fsp3) is 0.0857. The highest BCUT2D eigenvalue weighted by Gasteiger charge is 2.24. The molecule has 0 saturated heterocycles. The van der Waals surface area contributed by atoms with Crippen LogP contribution in [0.5, 0.6) is 0 Å². The fourth-order valence-electron chi connectivity index (χ4n) is 5.42. The van der Waals surface area contributed by atoms with Gasteiger partial charge in [0.25, 0.3) is 15.9 Å². The molecule has 0 atom stereocenters. The quantitative estimate of drug-likeness (QED) is 0.155. The molecule has 0 saturated carbocycles. The predicted molar refractivity (Wildman–Crippen MR) is 184 cm³/mol. The third kappa shape index (κ3) is 6.51. The summed E-state index contributed by atoms with van der Waals surface area (Å²) in [6.07, 6.45) is 3.37. The number of sulfonamides is 1. The number of halogens is 3. The first-order chi connectivity index (χ1) is 24.6. The van der Waals surface area contributed by atoms with Crippen molar-refractivity contribution in [2.45, 2.75) is 18.2 Å². The monoisotopic (exact) mass is 709 g/mol. The summed E-state index contributed by atoms with van der Waals surface area (Å²) in [6.45, 7) is 1.60. The number of amides is 1. The van der Waals surface area contributed by atoms with Crippen molar-refractivity contribution in [3.05, 3.63) is 132 Å². The van der Waals surface area contributed by atoms with E-state index < -0.39 is 49.7 Å². The molecule has 12 nitrogen and oxygen atoms in total. The number of fused-ring (bicyclic) bond motifs is 2. The maximum atomic E-state index is 15.8. The van der Waals surface area contributed by atoms with Gasteiger partial charge in [-0.05, 0) is 61.5 Å². The van der Waals surface area contributed by atoms with Crippen molar-refractivity contribution in [3.8, 4) is 5.82 Å². The fourth-order valence-corrected chi connectivity index (χ4v) is 6.74. The van der Waals surface area contributed by atoms with E-state index >= 15 is 8.78 Å². The number of hydrogen-bond donors (Lipinski definition) is 3. The molecule has 0 aliphatic heterocycles. The second-order valence-corrected chi connectivity index (χ2v) is 12.9. The normalized spacial score (nSPS) is 11.5. The van der Waals surface area contributed by atoms with Crippen molar-refractivity contribution in [3.63, 3.8) is 0 Å². The van der Waals surface area contributed by atoms with Gasteiger partial charge in [-0.3, -0.25) is 14.5 Å². The minimum Gasteiger partial charge on any atom is -0.350 e. The molecule has 51 heavy (non-hydrogen) atoms. The van der Waals surface area contributed by atoms with Crippen LogP contribution in [0.15, 0.2) is 102 Å². The van der Waals surface area contributed by atoms with Gasteiger partial charge < -0.3 is 10.6 Å². The number of carbonyl (C=O) groups excluding carboxylic acids is 1. The van der Waals surface area contributed by atoms with Crippen LogP contribution in [0.2, 0.25) is 0 Å². The molecule has 0 unspecified atom stereocenters. The number of pyridine rings is 2. The molecule has 7 aromatic rings. The molecule has 0 aliphatic rings. The van der Waals surface area contributed by atoms with E-state index in [0.717, 1.165) is 30.2 Å². The average Bonchev–Trinajstić information content (AvgIpc) is 3.52. The summed E-state index contributed by atoms with van der Waals surface area (Å²) in [7, 11) is -4.46. The predicted octanol–water partition coefficient (Wildman–Crippen LogP) is 6.00. The van der Waals surface area contributed by atoms with Crippen molar-refractivity contribution < 1.29 is 26.4 Å². The molecule has 16 heteroatoms. The van der Waals surface area contributed by atoms with Gasteiger partial charge in [0, 0.05) is 35.8 Å². The van der Waals surface area contributed by atoms with Crippen LogP contribution >= 0.6 is 0 Å². The number of anilines is 3. The van der Waals surface area contributed by atoms with E-state index in [1.807, 2.05) is 18.2 Å². The van der Waals surface area contributed by atoms with Crippen LogP contribution in [0.1, 0.15) is 21.7 Å². The maximum absolute atomic E-state index is 15.8. The van der Waals surface area contributed by atoms with Crippen molar-refractivity contribution in [2.75, 3.05) is 16.6 Å². The number of para-hydroxylation sites is 1. The van der Waals surface area contributed by atoms with E-state index in [9.17, 15) is 17.6 Å². The minimum atomic E-state index is -4.46. The zero-order valence-electron chi connectivity index (χ0n) is 26.6. The summed E-state index contributed by atoms with van der Waals surface area (Å²) in [4.78, 5) is 30.1. The van der Waals surface area contributed by atoms with Gasteiger partial charge in [0.2, 0.25) is 0 Å². The van der Waals surface area contributed by atoms with Gasteiger partial charge >= 0.3 is 0 Å². The zero-order valence-corrected chi connectivity index (χ0v) is 27.4. The van der Waals surface area contributed by atoms with Crippen molar-refractivity contribution in [1.29, 1.82) is 0 Å². The number of hydrogen-bond acceptors (Lipinski definition) is 9. The topological polar surface area (TPSA) is 157 Å². The number of rotatable bonds is 10. The van der Waals surface area contributed by atoms with Crippen molar-refractivity contribution in [2.24, 2.45) is 0 Å². The molecule has 3 N–H and O–H groups in total. The van der Waals surface area contributed by atoms with Gasteiger partial charge in [-0.2, -0.15) is 5.10 Å². The highest BCUT2D eigenvalue weighted by Crippen LogP contribution is 2.32. The lowest BCUT2D eigenvalue weighted by Gasteiger charge is -2.15. The Labute approximate surface area is 288 Å². The van der Waals surface area contributed by atoms with E-state index in [1.54, 1.807) is 42.6 Å². The lowest BCUT2D eigenvalue weighted by Crippen LogP contribution is -2.26. The van der Waals surface area contributed by atoms with Crippen molar-refractivity contribution in [1.82, 2.24) is 35.0 Å². The Morgan fingerprint density at radius 1 is 0.863 bits per heavy atom. The Balaban J connectivity index is 1.21. The Bertz CT molecular complexity index is 2570. The SMILES string of the molecule is Cc1c(F)cccc1S(=O)(=O)Nc1ccc(F)c(Nc2ncnc3ccc(-n4nc(C(=O)NCCc5ccccn5)c5ccccc54)nc23)c1F. The average molecular weight is 710 g/mol. The van der Waals surface area contributed by atoms with Crippen LogP contribution in [0.25, 0.3) is 27.8 Å². The molecule has 0 fully saturated rings. The molecular formula is C35H26F3N9O3S. The first kappa shape index (κ1) is 33.1. The summed E-state index contributed by atoms with van der Waals surface area (Å²) >= 11 is 0. The molecule has 0 spiro atoms. The molecule has 7 rings (SSSR count). The Morgan fingerprint density at radius 2 is 1.69 bits per heavy atom. The Hall–Kier alpha value is -6.42. The lowest BCUT2D eigenvalue weighted by molar-refractivity contribution is 0.0950. The molecule has 0 aliphatic carbocycles. The number of benzene rings is 3. The van der Waals surface area contributed by atoms with E-state index in [0.29, 0.717) is 29.4 Å². The van der Waals surface area contributed by atoms with Gasteiger partial charge in [-0.15, -0.1) is 0 Å². The molecule has 4 aromatic heterocycles. The van der Waals surface area contributed by atoms with Gasteiger partial charge in [0.15, 0.2) is 23.1 Å². The number of carbonyl (C=O) groups is 1. The molecule has 1 amide bonds. The third-order valence-electron chi connectivity index (χ3n) is 7.97. The molecule has 256 valence electrons. The second kappa shape index (κ2) is 13.5. The molecule has 3 aromatic carbocycles. The van der Waals surface area contributed by atoms with Gasteiger partial charge in [-0.25, -0.2) is 41.2 Å². The van der Waals surface area contributed by atoms with Crippen LogP contribution < -0.4 is 15.4 Å². The summed E-state index contributed by atoms with van der Waals surface area (Å²) < 4.78 is 74.7. The van der Waals surface area contributed by atoms with E-state index in [4.69, 9.17) is 0 Å². The van der Waals surface area contributed by atoms with Crippen molar-refractivity contribution >= 4 is 55.1 Å². The van der Waals surface area contributed by atoms with Gasteiger partial charge in [0.1, 0.15) is 29.2 Å². The Kier molecular flexibility index (Phi) is 8.74. The number of nitrogens with zero attached hydrogens (tertiary/aromatic N) is 6. The van der Waals surface area contributed by atoms with Crippen LogP contribution in [-0.4, -0.2) is 50.6 Å². The highest BCUT2D eigenvalue weighted by atomic mass is 32.2. The minimum absolute atomic E-state index is 0.0936. The van der Waals surface area contributed by atoms with Crippen LogP contribution in [0, 0.1) is 24.4 Å².